The van der Waals surface area contributed by atoms with Crippen molar-refractivity contribution in [3.8, 4) is 11.1 Å². The van der Waals surface area contributed by atoms with Gasteiger partial charge in [0, 0.05) is 10.6 Å². The van der Waals surface area contributed by atoms with Gasteiger partial charge in [-0.1, -0.05) is 90.5 Å². The normalized spacial score (nSPS) is 11.4. The Balaban J connectivity index is 1.96. The molecule has 0 aromatic heterocycles. The molecule has 5 aromatic rings. The molecule has 0 fully saturated rings. The highest BCUT2D eigenvalue weighted by Crippen LogP contribution is 2.37. The molecule has 0 radical (unpaired) electrons. The summed E-state index contributed by atoms with van der Waals surface area (Å²) in [6.07, 6.45) is 0. The van der Waals surface area contributed by atoms with E-state index in [0.29, 0.717) is 0 Å². The molecule has 0 saturated carbocycles. The van der Waals surface area contributed by atoms with E-state index in [0.717, 1.165) is 16.1 Å². The van der Waals surface area contributed by atoms with Crippen LogP contribution in [0.25, 0.3) is 43.4 Å². The third kappa shape index (κ3) is 2.22. The van der Waals surface area contributed by atoms with Crippen LogP contribution in [0.1, 0.15) is 0 Å². The average Bonchev–Trinajstić information content (AvgIpc) is 2.68. The Labute approximate surface area is 151 Å². The smallest absolute Gasteiger partial charge is 0.0484 e. The minimum atomic E-state index is 0.784. The number of rotatable bonds is 1. The van der Waals surface area contributed by atoms with Gasteiger partial charge in [0.05, 0.1) is 0 Å². The second-order valence-corrected chi connectivity index (χ2v) is 6.74. The number of fused-ring (bicyclic) bond motifs is 6. The predicted molar refractivity (Wildman–Crippen MR) is 109 cm³/mol. The van der Waals surface area contributed by atoms with Crippen molar-refractivity contribution in [2.75, 3.05) is 0 Å². The van der Waals surface area contributed by atoms with Crippen molar-refractivity contribution >= 4 is 43.9 Å². The van der Waals surface area contributed by atoms with E-state index >= 15 is 0 Å². The van der Waals surface area contributed by atoms with Crippen LogP contribution < -0.4 is 0 Å². The van der Waals surface area contributed by atoms with Crippen LogP contribution in [0.2, 0.25) is 5.02 Å². The van der Waals surface area contributed by atoms with Crippen LogP contribution in [0.3, 0.4) is 0 Å². The summed E-state index contributed by atoms with van der Waals surface area (Å²) in [5, 5.41) is 8.51. The molecule has 0 N–H and O–H groups in total. The standard InChI is InChI=1S/C24H15Cl/c25-24-12-6-5-7-17(24)16-13-14-22-20-10-2-1-8-18(20)19-9-3-4-11-21(19)23(22)15-16/h1-15H. The highest BCUT2D eigenvalue weighted by Gasteiger charge is 2.10. The second kappa shape index (κ2) is 5.61. The van der Waals surface area contributed by atoms with Gasteiger partial charge in [0.2, 0.25) is 0 Å². The van der Waals surface area contributed by atoms with Gasteiger partial charge in [-0.25, -0.2) is 0 Å². The van der Waals surface area contributed by atoms with Gasteiger partial charge in [0.25, 0.3) is 0 Å². The molecule has 0 aliphatic rings. The van der Waals surface area contributed by atoms with Crippen LogP contribution in [0, 0.1) is 0 Å². The lowest BCUT2D eigenvalue weighted by molar-refractivity contribution is 1.65. The molecule has 0 spiro atoms. The van der Waals surface area contributed by atoms with Crippen LogP contribution in [-0.4, -0.2) is 0 Å². The van der Waals surface area contributed by atoms with E-state index < -0.39 is 0 Å². The van der Waals surface area contributed by atoms with Gasteiger partial charge in [-0.15, -0.1) is 0 Å². The maximum atomic E-state index is 6.42. The zero-order valence-electron chi connectivity index (χ0n) is 13.5. The van der Waals surface area contributed by atoms with Crippen molar-refractivity contribution in [3.05, 3.63) is 96.0 Å². The largest absolute Gasteiger partial charge is 0.0837 e. The Hall–Kier alpha value is -2.83. The van der Waals surface area contributed by atoms with Crippen molar-refractivity contribution in [1.82, 2.24) is 0 Å². The first-order chi connectivity index (χ1) is 12.3. The van der Waals surface area contributed by atoms with E-state index in [-0.39, 0.29) is 0 Å². The van der Waals surface area contributed by atoms with E-state index in [4.69, 9.17) is 11.6 Å². The first-order valence-electron chi connectivity index (χ1n) is 8.41. The average molecular weight is 339 g/mol. The fourth-order valence-corrected chi connectivity index (χ4v) is 4.02. The fourth-order valence-electron chi connectivity index (χ4n) is 3.77. The maximum absolute atomic E-state index is 6.42. The molecule has 5 aromatic carbocycles. The molecule has 0 saturated heterocycles. The molecule has 5 rings (SSSR count). The zero-order valence-corrected chi connectivity index (χ0v) is 14.3. The summed E-state index contributed by atoms with van der Waals surface area (Å²) in [5.74, 6) is 0. The second-order valence-electron chi connectivity index (χ2n) is 6.33. The third-order valence-electron chi connectivity index (χ3n) is 4.93. The summed E-state index contributed by atoms with van der Waals surface area (Å²) in [7, 11) is 0. The van der Waals surface area contributed by atoms with Gasteiger partial charge in [-0.2, -0.15) is 0 Å². The molecule has 1 heteroatoms. The van der Waals surface area contributed by atoms with Crippen molar-refractivity contribution in [2.24, 2.45) is 0 Å². The maximum Gasteiger partial charge on any atom is 0.0484 e. The highest BCUT2D eigenvalue weighted by atomic mass is 35.5. The Bertz CT molecular complexity index is 1220. The molecule has 0 heterocycles. The molecule has 0 atom stereocenters. The van der Waals surface area contributed by atoms with Gasteiger partial charge in [-0.3, -0.25) is 0 Å². The van der Waals surface area contributed by atoms with Crippen LogP contribution in [-0.2, 0) is 0 Å². The molecular weight excluding hydrogens is 324 g/mol. The number of benzene rings is 5. The molecule has 0 nitrogen and oxygen atoms in total. The lowest BCUT2D eigenvalue weighted by atomic mass is 9.92. The minimum Gasteiger partial charge on any atom is -0.0837 e. The van der Waals surface area contributed by atoms with Crippen molar-refractivity contribution in [1.29, 1.82) is 0 Å². The Kier molecular flexibility index (Phi) is 3.26. The molecule has 0 bridgehead atoms. The molecule has 118 valence electrons. The Morgan fingerprint density at radius 2 is 0.920 bits per heavy atom. The van der Waals surface area contributed by atoms with Crippen LogP contribution in [0.15, 0.2) is 91.0 Å². The van der Waals surface area contributed by atoms with Crippen molar-refractivity contribution < 1.29 is 0 Å². The molecule has 0 amide bonds. The first kappa shape index (κ1) is 14.5. The van der Waals surface area contributed by atoms with E-state index in [1.165, 1.54) is 32.3 Å². The van der Waals surface area contributed by atoms with Crippen molar-refractivity contribution in [3.63, 3.8) is 0 Å². The van der Waals surface area contributed by atoms with Gasteiger partial charge in [-0.05, 0) is 50.0 Å². The fraction of sp³-hybridized carbons (Fsp3) is 0. The summed E-state index contributed by atoms with van der Waals surface area (Å²) in [6, 6.07) is 32.0. The van der Waals surface area contributed by atoms with E-state index in [1.807, 2.05) is 18.2 Å². The minimum absolute atomic E-state index is 0.784. The van der Waals surface area contributed by atoms with Crippen LogP contribution in [0.4, 0.5) is 0 Å². The van der Waals surface area contributed by atoms with Gasteiger partial charge in [0.1, 0.15) is 0 Å². The van der Waals surface area contributed by atoms with Gasteiger partial charge in [0.15, 0.2) is 0 Å². The number of halogens is 1. The van der Waals surface area contributed by atoms with E-state index in [9.17, 15) is 0 Å². The van der Waals surface area contributed by atoms with E-state index in [2.05, 4.69) is 72.8 Å². The summed E-state index contributed by atoms with van der Waals surface area (Å²) in [6.45, 7) is 0. The number of hydrogen-bond acceptors (Lipinski definition) is 0. The highest BCUT2D eigenvalue weighted by molar-refractivity contribution is 6.33. The Morgan fingerprint density at radius 3 is 1.52 bits per heavy atom. The predicted octanol–water partition coefficient (Wildman–Crippen LogP) is 7.47. The summed E-state index contributed by atoms with van der Waals surface area (Å²) < 4.78 is 0. The third-order valence-corrected chi connectivity index (χ3v) is 5.26. The summed E-state index contributed by atoms with van der Waals surface area (Å²) in [5.41, 5.74) is 2.22. The summed E-state index contributed by atoms with van der Waals surface area (Å²) in [4.78, 5) is 0. The van der Waals surface area contributed by atoms with Gasteiger partial charge >= 0.3 is 0 Å². The lowest BCUT2D eigenvalue weighted by Crippen LogP contribution is -1.85. The lowest BCUT2D eigenvalue weighted by Gasteiger charge is -2.12. The zero-order chi connectivity index (χ0) is 16.8. The number of hydrogen-bond donors (Lipinski definition) is 0. The Morgan fingerprint density at radius 1 is 0.440 bits per heavy atom. The molecule has 0 unspecified atom stereocenters. The van der Waals surface area contributed by atoms with E-state index in [1.54, 1.807) is 0 Å². The topological polar surface area (TPSA) is 0 Å². The summed E-state index contributed by atoms with van der Waals surface area (Å²) >= 11 is 6.42. The van der Waals surface area contributed by atoms with Crippen LogP contribution in [0.5, 0.6) is 0 Å². The first-order valence-corrected chi connectivity index (χ1v) is 8.79. The SMILES string of the molecule is Clc1ccccc1-c1ccc2c3ccccc3c3ccccc3c2c1. The monoisotopic (exact) mass is 338 g/mol. The quantitative estimate of drug-likeness (QED) is 0.278. The molecule has 0 aliphatic carbocycles. The van der Waals surface area contributed by atoms with Crippen molar-refractivity contribution in [2.45, 2.75) is 0 Å². The van der Waals surface area contributed by atoms with Gasteiger partial charge < -0.3 is 0 Å². The molecular formula is C24H15Cl. The molecule has 0 aliphatic heterocycles. The molecule has 25 heavy (non-hydrogen) atoms. The van der Waals surface area contributed by atoms with Crippen LogP contribution >= 0.6 is 11.6 Å².